The second-order valence-electron chi connectivity index (χ2n) is 4.85. The zero-order valence-electron chi connectivity index (χ0n) is 12.1. The van der Waals surface area contributed by atoms with Gasteiger partial charge in [-0.05, 0) is 24.3 Å². The van der Waals surface area contributed by atoms with Crippen LogP contribution in [-0.4, -0.2) is 26.8 Å². The molecule has 0 aromatic carbocycles. The highest BCUT2D eigenvalue weighted by molar-refractivity contribution is 6.03. The lowest BCUT2D eigenvalue weighted by Gasteiger charge is -2.05. The smallest absolute Gasteiger partial charge is 0.408 e. The number of hydrogen-bond acceptors (Lipinski definition) is 4. The predicted molar refractivity (Wildman–Crippen MR) is 78.2 cm³/mol. The van der Waals surface area contributed by atoms with Gasteiger partial charge >= 0.3 is 6.18 Å². The van der Waals surface area contributed by atoms with Crippen LogP contribution in [0.2, 0.25) is 0 Å². The molecule has 3 rings (SSSR count). The zero-order chi connectivity index (χ0) is 17.2. The van der Waals surface area contributed by atoms with Crippen molar-refractivity contribution in [1.82, 2.24) is 14.8 Å². The highest BCUT2D eigenvalue weighted by Gasteiger charge is 2.29. The van der Waals surface area contributed by atoms with Crippen LogP contribution in [0.15, 0.2) is 53.4 Å². The number of anilines is 1. The lowest BCUT2D eigenvalue weighted by atomic mass is 10.2. The number of nitrogens with zero attached hydrogens (tertiary/aromatic N) is 3. The number of pyridine rings is 1. The molecular formula is C15H11F3N4O2. The van der Waals surface area contributed by atoms with Crippen molar-refractivity contribution < 1.29 is 22.4 Å². The minimum Gasteiger partial charge on any atom is -0.459 e. The zero-order valence-corrected chi connectivity index (χ0v) is 12.1. The molecule has 0 atom stereocenters. The molecule has 0 spiro atoms. The van der Waals surface area contributed by atoms with E-state index in [1.165, 1.54) is 24.6 Å². The maximum atomic E-state index is 12.6. The van der Waals surface area contributed by atoms with Gasteiger partial charge in [-0.2, -0.15) is 18.3 Å². The molecule has 0 aliphatic carbocycles. The molecule has 0 aliphatic rings. The Balaban J connectivity index is 1.95. The van der Waals surface area contributed by atoms with Gasteiger partial charge in [0.05, 0.1) is 17.6 Å². The third kappa shape index (κ3) is 3.62. The van der Waals surface area contributed by atoms with Gasteiger partial charge < -0.3 is 9.73 Å². The van der Waals surface area contributed by atoms with Gasteiger partial charge in [0.25, 0.3) is 5.91 Å². The number of carbonyl (C=O) groups is 1. The first-order chi connectivity index (χ1) is 11.4. The van der Waals surface area contributed by atoms with Crippen molar-refractivity contribution in [3.63, 3.8) is 0 Å². The average molecular weight is 336 g/mol. The van der Waals surface area contributed by atoms with Gasteiger partial charge in [0, 0.05) is 12.4 Å². The molecule has 1 amide bonds. The summed E-state index contributed by atoms with van der Waals surface area (Å²) in [5.41, 5.74) is 0.590. The van der Waals surface area contributed by atoms with Crippen LogP contribution in [0.4, 0.5) is 18.9 Å². The fourth-order valence-corrected chi connectivity index (χ4v) is 2.06. The monoisotopic (exact) mass is 336 g/mol. The van der Waals surface area contributed by atoms with Gasteiger partial charge in [-0.15, -0.1) is 0 Å². The molecule has 3 aromatic heterocycles. The van der Waals surface area contributed by atoms with Gasteiger partial charge in [0.15, 0.2) is 5.76 Å². The minimum atomic E-state index is -4.43. The summed E-state index contributed by atoms with van der Waals surface area (Å²) >= 11 is 0. The molecule has 3 aromatic rings. The molecule has 0 saturated carbocycles. The number of aromatic nitrogens is 3. The van der Waals surface area contributed by atoms with Gasteiger partial charge in [-0.1, -0.05) is 6.07 Å². The summed E-state index contributed by atoms with van der Waals surface area (Å²) in [5.74, 6) is -0.561. The second kappa shape index (κ2) is 6.19. The van der Waals surface area contributed by atoms with Crippen molar-refractivity contribution in [2.24, 2.45) is 0 Å². The fourth-order valence-electron chi connectivity index (χ4n) is 2.06. The van der Waals surface area contributed by atoms with Crippen LogP contribution in [0.1, 0.15) is 10.6 Å². The normalized spacial score (nSPS) is 11.5. The highest BCUT2D eigenvalue weighted by Crippen LogP contribution is 2.27. The maximum absolute atomic E-state index is 12.6. The molecule has 24 heavy (non-hydrogen) atoms. The van der Waals surface area contributed by atoms with E-state index >= 15 is 0 Å². The Morgan fingerprint density at radius 1 is 1.25 bits per heavy atom. The molecule has 124 valence electrons. The molecule has 6 nitrogen and oxygen atoms in total. The second-order valence-corrected chi connectivity index (χ2v) is 4.85. The first kappa shape index (κ1) is 15.8. The van der Waals surface area contributed by atoms with E-state index in [9.17, 15) is 18.0 Å². The largest absolute Gasteiger partial charge is 0.459 e. The Kier molecular flexibility index (Phi) is 4.07. The number of amides is 1. The van der Waals surface area contributed by atoms with Crippen molar-refractivity contribution >= 4 is 11.6 Å². The van der Waals surface area contributed by atoms with E-state index < -0.39 is 18.6 Å². The molecule has 1 N–H and O–H groups in total. The summed E-state index contributed by atoms with van der Waals surface area (Å²) in [6.07, 6.45) is -0.522. The van der Waals surface area contributed by atoms with E-state index in [1.807, 2.05) is 0 Å². The van der Waals surface area contributed by atoms with Crippen LogP contribution in [-0.2, 0) is 6.54 Å². The van der Waals surface area contributed by atoms with Gasteiger partial charge in [-0.25, -0.2) is 0 Å². The molecule has 3 heterocycles. The topological polar surface area (TPSA) is 73.0 Å². The van der Waals surface area contributed by atoms with Gasteiger partial charge in [0.2, 0.25) is 0 Å². The Hall–Kier alpha value is -3.10. The van der Waals surface area contributed by atoms with Crippen LogP contribution >= 0.6 is 0 Å². The van der Waals surface area contributed by atoms with E-state index in [1.54, 1.807) is 18.2 Å². The molecule has 0 unspecified atom stereocenters. The lowest BCUT2D eigenvalue weighted by molar-refractivity contribution is -0.142. The van der Waals surface area contributed by atoms with Crippen molar-refractivity contribution in [1.29, 1.82) is 0 Å². The average Bonchev–Trinajstić information content (AvgIpc) is 3.16. The first-order valence-electron chi connectivity index (χ1n) is 6.83. The number of halogens is 3. The number of rotatable bonds is 4. The molecule has 0 bridgehead atoms. The van der Waals surface area contributed by atoms with E-state index in [2.05, 4.69) is 15.4 Å². The predicted octanol–water partition coefficient (Wildman–Crippen LogP) is 3.35. The molecule has 0 fully saturated rings. The van der Waals surface area contributed by atoms with Gasteiger partial charge in [-0.3, -0.25) is 14.5 Å². The lowest BCUT2D eigenvalue weighted by Crippen LogP contribution is -2.18. The number of hydrogen-bond donors (Lipinski definition) is 1. The van der Waals surface area contributed by atoms with Crippen LogP contribution in [0.25, 0.3) is 11.4 Å². The number of alkyl halides is 3. The number of nitrogens with one attached hydrogen (secondary N) is 1. The Morgan fingerprint density at radius 2 is 2.08 bits per heavy atom. The molecular weight excluding hydrogens is 325 g/mol. The third-order valence-electron chi connectivity index (χ3n) is 3.00. The minimum absolute atomic E-state index is 0.0329. The van der Waals surface area contributed by atoms with Crippen molar-refractivity contribution in [2.75, 3.05) is 5.32 Å². The molecule has 0 aliphatic heterocycles. The van der Waals surface area contributed by atoms with Crippen LogP contribution < -0.4 is 5.32 Å². The standard InChI is InChI=1S/C15H11F3N4O2/c16-15(17,18)9-22-8-11(20-14(23)12-5-3-7-24-12)13(21-22)10-4-1-2-6-19-10/h1-8H,9H2,(H,20,23). The first-order valence-corrected chi connectivity index (χ1v) is 6.83. The summed E-state index contributed by atoms with van der Waals surface area (Å²) in [6.45, 7) is -1.27. The van der Waals surface area contributed by atoms with Crippen molar-refractivity contribution in [3.05, 3.63) is 54.7 Å². The Labute approximate surface area is 133 Å². The fraction of sp³-hybridized carbons (Fsp3) is 0.133. The Bertz CT molecular complexity index is 826. The van der Waals surface area contributed by atoms with Crippen molar-refractivity contribution in [3.8, 4) is 11.4 Å². The highest BCUT2D eigenvalue weighted by atomic mass is 19.4. The van der Waals surface area contributed by atoms with Crippen molar-refractivity contribution in [2.45, 2.75) is 12.7 Å². The van der Waals surface area contributed by atoms with Crippen LogP contribution in [0.5, 0.6) is 0 Å². The molecule has 0 saturated heterocycles. The number of furan rings is 1. The molecule has 0 radical (unpaired) electrons. The summed E-state index contributed by atoms with van der Waals surface area (Å²) in [5, 5.41) is 6.38. The quantitative estimate of drug-likeness (QED) is 0.793. The van der Waals surface area contributed by atoms with Crippen LogP contribution in [0.3, 0.4) is 0 Å². The maximum Gasteiger partial charge on any atom is 0.408 e. The van der Waals surface area contributed by atoms with Gasteiger partial charge in [0.1, 0.15) is 12.2 Å². The molecule has 9 heteroatoms. The SMILES string of the molecule is O=C(Nc1cn(CC(F)(F)F)nc1-c1ccccn1)c1ccco1. The van der Waals surface area contributed by atoms with Crippen LogP contribution in [0, 0.1) is 0 Å². The summed E-state index contributed by atoms with van der Waals surface area (Å²) in [6, 6.07) is 7.89. The summed E-state index contributed by atoms with van der Waals surface area (Å²) in [7, 11) is 0. The third-order valence-corrected chi connectivity index (χ3v) is 3.00. The van der Waals surface area contributed by atoms with E-state index in [0.717, 1.165) is 6.20 Å². The van der Waals surface area contributed by atoms with E-state index in [4.69, 9.17) is 4.42 Å². The summed E-state index contributed by atoms with van der Waals surface area (Å²) in [4.78, 5) is 16.1. The van der Waals surface area contributed by atoms with E-state index in [0.29, 0.717) is 10.4 Å². The Morgan fingerprint density at radius 3 is 2.71 bits per heavy atom. The number of carbonyl (C=O) groups excluding carboxylic acids is 1. The van der Waals surface area contributed by atoms with E-state index in [-0.39, 0.29) is 17.1 Å². The summed E-state index contributed by atoms with van der Waals surface area (Å²) < 4.78 is 43.5.